The van der Waals surface area contributed by atoms with Gasteiger partial charge in [-0.25, -0.2) is 8.42 Å². The van der Waals surface area contributed by atoms with Crippen LogP contribution in [0.15, 0.2) is 29.2 Å². The second kappa shape index (κ2) is 4.90. The van der Waals surface area contributed by atoms with Crippen LogP contribution in [-0.2, 0) is 14.8 Å². The predicted molar refractivity (Wildman–Crippen MR) is 53.2 cm³/mol. The summed E-state index contributed by atoms with van der Waals surface area (Å²) in [6.45, 7) is -0.353. The molecule has 0 spiro atoms. The molecule has 0 N–H and O–H groups in total. The molecule has 0 heterocycles. The molecule has 0 unspecified atom stereocenters. The van der Waals surface area contributed by atoms with Crippen LogP contribution in [-0.4, -0.2) is 28.4 Å². The lowest BCUT2D eigenvalue weighted by molar-refractivity contribution is -0.106. The van der Waals surface area contributed by atoms with Gasteiger partial charge in [0.2, 0.25) is 0 Å². The number of nitrogens with zero attached hydrogens (tertiary/aromatic N) is 1. The molecule has 0 aliphatic carbocycles. The molecule has 1 aromatic rings. The maximum Gasteiger partial charge on any atom is 0.257 e. The molecular weight excluding hydrogens is 218 g/mol. The zero-order chi connectivity index (χ0) is 11.3. The van der Waals surface area contributed by atoms with Crippen molar-refractivity contribution in [2.75, 3.05) is 13.7 Å². The van der Waals surface area contributed by atoms with Crippen LogP contribution in [0.4, 0.5) is 0 Å². The summed E-state index contributed by atoms with van der Waals surface area (Å²) < 4.78 is 31.0. The Morgan fingerprint density at radius 2 is 1.93 bits per heavy atom. The minimum Gasteiger partial charge on any atom is -0.497 e. The van der Waals surface area contributed by atoms with Gasteiger partial charge >= 0.3 is 0 Å². The Labute approximate surface area is 88.1 Å². The number of rotatable bonds is 5. The Bertz CT molecular complexity index is 424. The lowest BCUT2D eigenvalue weighted by Crippen LogP contribution is -2.18. The summed E-state index contributed by atoms with van der Waals surface area (Å²) in [5.74, 6) is 0.560. The van der Waals surface area contributed by atoms with Crippen LogP contribution >= 0.6 is 0 Å². The standard InChI is InChI=1S/C9H10NO4S/c1-14-8-2-4-9(5-3-8)15(12,13)10-6-7-11/h2-5,7H,6H2,1H3. The summed E-state index contributed by atoms with van der Waals surface area (Å²) in [7, 11) is -2.22. The number of hydrogen-bond donors (Lipinski definition) is 0. The maximum absolute atomic E-state index is 11.4. The Morgan fingerprint density at radius 3 is 2.40 bits per heavy atom. The van der Waals surface area contributed by atoms with Gasteiger partial charge in [-0.05, 0) is 24.3 Å². The van der Waals surface area contributed by atoms with E-state index < -0.39 is 10.0 Å². The fraction of sp³-hybridized carbons (Fsp3) is 0.222. The molecule has 15 heavy (non-hydrogen) atoms. The minimum absolute atomic E-state index is 0.0464. The summed E-state index contributed by atoms with van der Waals surface area (Å²) >= 11 is 0. The van der Waals surface area contributed by atoms with E-state index in [4.69, 9.17) is 4.74 Å². The van der Waals surface area contributed by atoms with Crippen LogP contribution in [0.2, 0.25) is 0 Å². The highest BCUT2D eigenvalue weighted by Crippen LogP contribution is 2.15. The van der Waals surface area contributed by atoms with E-state index in [2.05, 4.69) is 4.72 Å². The van der Waals surface area contributed by atoms with Gasteiger partial charge < -0.3 is 9.53 Å². The lowest BCUT2D eigenvalue weighted by atomic mass is 10.3. The van der Waals surface area contributed by atoms with E-state index in [1.165, 1.54) is 31.4 Å². The molecule has 81 valence electrons. The predicted octanol–water partition coefficient (Wildman–Crippen LogP) is 0.187. The van der Waals surface area contributed by atoms with Crippen molar-refractivity contribution in [2.24, 2.45) is 0 Å². The third kappa shape index (κ3) is 3.03. The van der Waals surface area contributed by atoms with Gasteiger partial charge in [-0.2, -0.15) is 0 Å². The molecule has 0 fully saturated rings. The molecule has 0 aliphatic heterocycles. The van der Waals surface area contributed by atoms with E-state index >= 15 is 0 Å². The quantitative estimate of drug-likeness (QED) is 0.674. The second-order valence-corrected chi connectivity index (χ2v) is 4.31. The normalized spacial score (nSPS) is 11.0. The Hall–Kier alpha value is -1.40. The summed E-state index contributed by atoms with van der Waals surface area (Å²) in [4.78, 5) is 10.1. The summed E-state index contributed by atoms with van der Waals surface area (Å²) in [6.07, 6.45) is 0.432. The van der Waals surface area contributed by atoms with Crippen molar-refractivity contribution in [3.05, 3.63) is 24.3 Å². The molecule has 1 aromatic carbocycles. The Kier molecular flexibility index (Phi) is 3.81. The van der Waals surface area contributed by atoms with E-state index in [0.29, 0.717) is 12.0 Å². The first-order valence-electron chi connectivity index (χ1n) is 4.11. The van der Waals surface area contributed by atoms with Crippen molar-refractivity contribution < 1.29 is 17.9 Å². The summed E-state index contributed by atoms with van der Waals surface area (Å²) in [6, 6.07) is 5.79. The van der Waals surface area contributed by atoms with E-state index in [1.807, 2.05) is 0 Å². The van der Waals surface area contributed by atoms with Crippen LogP contribution in [0.25, 0.3) is 0 Å². The maximum atomic E-state index is 11.4. The first kappa shape index (κ1) is 11.7. The molecule has 0 amide bonds. The van der Waals surface area contributed by atoms with Crippen LogP contribution in [0, 0.1) is 0 Å². The molecule has 0 atom stereocenters. The molecule has 1 radical (unpaired) electrons. The second-order valence-electron chi connectivity index (χ2n) is 2.63. The third-order valence-corrected chi connectivity index (χ3v) is 3.03. The molecule has 0 aromatic heterocycles. The van der Waals surface area contributed by atoms with Gasteiger partial charge in [-0.1, -0.05) is 0 Å². The molecule has 1 rings (SSSR count). The van der Waals surface area contributed by atoms with Gasteiger partial charge in [0.15, 0.2) is 0 Å². The highest BCUT2D eigenvalue weighted by Gasteiger charge is 2.14. The van der Waals surface area contributed by atoms with Crippen LogP contribution in [0.3, 0.4) is 0 Å². The lowest BCUT2D eigenvalue weighted by Gasteiger charge is -2.03. The number of aldehydes is 1. The topological polar surface area (TPSA) is 74.5 Å². The zero-order valence-electron chi connectivity index (χ0n) is 8.08. The first-order valence-corrected chi connectivity index (χ1v) is 5.55. The van der Waals surface area contributed by atoms with E-state index in [9.17, 15) is 13.2 Å². The van der Waals surface area contributed by atoms with Crippen LogP contribution < -0.4 is 9.46 Å². The van der Waals surface area contributed by atoms with Crippen molar-refractivity contribution in [1.29, 1.82) is 0 Å². The molecule has 0 saturated carbocycles. The Balaban J connectivity index is 2.90. The number of carbonyl (C=O) groups is 1. The highest BCUT2D eigenvalue weighted by molar-refractivity contribution is 7.89. The fourth-order valence-electron chi connectivity index (χ4n) is 0.951. The molecule has 6 heteroatoms. The average molecular weight is 228 g/mol. The van der Waals surface area contributed by atoms with E-state index in [0.717, 1.165) is 0 Å². The monoisotopic (exact) mass is 228 g/mol. The van der Waals surface area contributed by atoms with Crippen LogP contribution in [0.5, 0.6) is 5.75 Å². The number of hydrogen-bond acceptors (Lipinski definition) is 4. The summed E-state index contributed by atoms with van der Waals surface area (Å²) in [5, 5.41) is 0. The summed E-state index contributed by atoms with van der Waals surface area (Å²) in [5.41, 5.74) is 0. The number of methoxy groups -OCH3 is 1. The molecule has 0 bridgehead atoms. The van der Waals surface area contributed by atoms with Crippen molar-refractivity contribution in [3.8, 4) is 5.75 Å². The van der Waals surface area contributed by atoms with Gasteiger partial charge in [-0.15, -0.1) is 4.72 Å². The van der Waals surface area contributed by atoms with E-state index in [-0.39, 0.29) is 11.4 Å². The number of carbonyl (C=O) groups excluding carboxylic acids is 1. The van der Waals surface area contributed by atoms with Gasteiger partial charge in [0, 0.05) is 0 Å². The zero-order valence-corrected chi connectivity index (χ0v) is 8.90. The highest BCUT2D eigenvalue weighted by atomic mass is 32.2. The van der Waals surface area contributed by atoms with E-state index in [1.54, 1.807) is 0 Å². The van der Waals surface area contributed by atoms with Gasteiger partial charge in [0.05, 0.1) is 18.6 Å². The number of sulfonamides is 1. The number of benzene rings is 1. The van der Waals surface area contributed by atoms with Crippen molar-refractivity contribution in [1.82, 2.24) is 4.72 Å². The third-order valence-electron chi connectivity index (χ3n) is 1.68. The van der Waals surface area contributed by atoms with Gasteiger partial charge in [0.25, 0.3) is 10.0 Å². The first-order chi connectivity index (χ1) is 7.10. The largest absolute Gasteiger partial charge is 0.497 e. The van der Waals surface area contributed by atoms with Crippen molar-refractivity contribution in [2.45, 2.75) is 4.90 Å². The fourth-order valence-corrected chi connectivity index (χ4v) is 1.84. The number of ether oxygens (including phenoxy) is 1. The molecule has 0 aliphatic rings. The van der Waals surface area contributed by atoms with Gasteiger partial charge in [0.1, 0.15) is 12.0 Å². The molecule has 0 saturated heterocycles. The Morgan fingerprint density at radius 1 is 1.33 bits per heavy atom. The SMILES string of the molecule is COc1ccc(S(=O)(=O)[N]CC=O)cc1. The average Bonchev–Trinajstić information content (AvgIpc) is 2.26. The molecule has 5 nitrogen and oxygen atoms in total. The molecular formula is C9H10NO4S. The minimum atomic E-state index is -3.71. The smallest absolute Gasteiger partial charge is 0.257 e. The van der Waals surface area contributed by atoms with Gasteiger partial charge in [-0.3, -0.25) is 0 Å². The van der Waals surface area contributed by atoms with Crippen LogP contribution in [0.1, 0.15) is 0 Å². The van der Waals surface area contributed by atoms with Crippen molar-refractivity contribution >= 4 is 16.3 Å². The van der Waals surface area contributed by atoms with Crippen molar-refractivity contribution in [3.63, 3.8) is 0 Å².